The number of carbonyl (C=O) groups excluding carboxylic acids is 1. The van der Waals surface area contributed by atoms with Crippen molar-refractivity contribution in [3.05, 3.63) is 29.8 Å². The summed E-state index contributed by atoms with van der Waals surface area (Å²) in [5.74, 6) is 1.91. The van der Waals surface area contributed by atoms with E-state index >= 15 is 0 Å². The van der Waals surface area contributed by atoms with Crippen LogP contribution in [0.25, 0.3) is 0 Å². The zero-order valence-corrected chi connectivity index (χ0v) is 14.9. The molecule has 0 spiro atoms. The lowest BCUT2D eigenvalue weighted by Gasteiger charge is -2.37. The van der Waals surface area contributed by atoms with Gasteiger partial charge < -0.3 is 14.4 Å². The van der Waals surface area contributed by atoms with E-state index in [-0.39, 0.29) is 11.8 Å². The van der Waals surface area contributed by atoms with Gasteiger partial charge in [0, 0.05) is 32.7 Å². The molecule has 5 nitrogen and oxygen atoms in total. The minimum absolute atomic E-state index is 0.0225. The van der Waals surface area contributed by atoms with E-state index in [9.17, 15) is 4.79 Å². The highest BCUT2D eigenvalue weighted by Gasteiger charge is 2.32. The molecule has 0 radical (unpaired) electrons. The molecule has 1 aromatic rings. The molecule has 136 valence electrons. The van der Waals surface area contributed by atoms with Crippen molar-refractivity contribution in [2.75, 3.05) is 52.5 Å². The van der Waals surface area contributed by atoms with E-state index in [4.69, 9.17) is 9.47 Å². The van der Waals surface area contributed by atoms with Crippen LogP contribution in [-0.2, 0) is 16.0 Å². The fraction of sp³-hybridized carbons (Fsp3) is 0.650. The maximum absolute atomic E-state index is 12.9. The Balaban J connectivity index is 1.27. The molecule has 1 amide bonds. The van der Waals surface area contributed by atoms with Crippen molar-refractivity contribution in [1.82, 2.24) is 9.80 Å². The molecule has 2 fully saturated rings. The molecular formula is C20H28N2O3. The van der Waals surface area contributed by atoms with Crippen molar-refractivity contribution < 1.29 is 14.3 Å². The molecule has 0 N–H and O–H groups in total. The first-order chi connectivity index (χ1) is 12.3. The number of morpholine rings is 1. The SMILES string of the molecule is O=C(C1COc2ccccc2C1)N1CCC(CN2CCOCC2)CC1. The summed E-state index contributed by atoms with van der Waals surface area (Å²) in [6.07, 6.45) is 3.04. The fourth-order valence-electron chi connectivity index (χ4n) is 4.23. The number of ether oxygens (including phenoxy) is 2. The van der Waals surface area contributed by atoms with E-state index < -0.39 is 0 Å². The molecule has 2 saturated heterocycles. The van der Waals surface area contributed by atoms with Crippen LogP contribution in [-0.4, -0.2) is 68.3 Å². The maximum Gasteiger partial charge on any atom is 0.229 e. The van der Waals surface area contributed by atoms with Crippen LogP contribution in [0.5, 0.6) is 5.75 Å². The number of carbonyl (C=O) groups is 1. The summed E-state index contributed by atoms with van der Waals surface area (Å²) in [4.78, 5) is 17.5. The Labute approximate surface area is 149 Å². The summed E-state index contributed by atoms with van der Waals surface area (Å²) in [7, 11) is 0. The highest BCUT2D eigenvalue weighted by Crippen LogP contribution is 2.29. The smallest absolute Gasteiger partial charge is 0.229 e. The molecule has 3 heterocycles. The lowest BCUT2D eigenvalue weighted by Crippen LogP contribution is -2.47. The van der Waals surface area contributed by atoms with Crippen LogP contribution in [0, 0.1) is 11.8 Å². The van der Waals surface area contributed by atoms with E-state index in [1.54, 1.807) is 0 Å². The number of hydrogen-bond donors (Lipinski definition) is 0. The molecule has 1 unspecified atom stereocenters. The van der Waals surface area contributed by atoms with Crippen molar-refractivity contribution in [2.45, 2.75) is 19.3 Å². The minimum Gasteiger partial charge on any atom is -0.492 e. The van der Waals surface area contributed by atoms with Crippen molar-refractivity contribution in [1.29, 1.82) is 0 Å². The van der Waals surface area contributed by atoms with Gasteiger partial charge in [-0.1, -0.05) is 18.2 Å². The third kappa shape index (κ3) is 3.98. The molecule has 0 bridgehead atoms. The van der Waals surface area contributed by atoms with Crippen LogP contribution >= 0.6 is 0 Å². The topological polar surface area (TPSA) is 42.0 Å². The summed E-state index contributed by atoms with van der Waals surface area (Å²) in [6.45, 7) is 7.30. The number of amides is 1. The first-order valence-corrected chi connectivity index (χ1v) is 9.59. The molecule has 1 atom stereocenters. The van der Waals surface area contributed by atoms with Gasteiger partial charge in [0.2, 0.25) is 5.91 Å². The number of likely N-dealkylation sites (tertiary alicyclic amines) is 1. The van der Waals surface area contributed by atoms with Crippen molar-refractivity contribution >= 4 is 5.91 Å². The molecule has 0 aliphatic carbocycles. The highest BCUT2D eigenvalue weighted by atomic mass is 16.5. The molecule has 5 heteroatoms. The average Bonchev–Trinajstić information content (AvgIpc) is 2.68. The van der Waals surface area contributed by atoms with Gasteiger partial charge in [-0.05, 0) is 36.8 Å². The fourth-order valence-corrected chi connectivity index (χ4v) is 4.23. The lowest BCUT2D eigenvalue weighted by atomic mass is 9.92. The third-order valence-electron chi connectivity index (χ3n) is 5.77. The monoisotopic (exact) mass is 344 g/mol. The Kier molecular flexibility index (Phi) is 5.22. The van der Waals surface area contributed by atoms with Gasteiger partial charge in [-0.15, -0.1) is 0 Å². The number of piperidine rings is 1. The predicted octanol–water partition coefficient (Wildman–Crippen LogP) is 1.81. The molecule has 4 rings (SSSR count). The number of benzene rings is 1. The van der Waals surface area contributed by atoms with E-state index in [1.807, 2.05) is 18.2 Å². The van der Waals surface area contributed by atoms with Crippen LogP contribution in [0.4, 0.5) is 0 Å². The molecule has 1 aromatic carbocycles. The largest absolute Gasteiger partial charge is 0.492 e. The molecule has 3 aliphatic heterocycles. The summed E-state index contributed by atoms with van der Waals surface area (Å²) < 4.78 is 11.2. The van der Waals surface area contributed by atoms with E-state index in [2.05, 4.69) is 15.9 Å². The van der Waals surface area contributed by atoms with Gasteiger partial charge in [0.05, 0.1) is 19.1 Å². The molecule has 0 saturated carbocycles. The standard InChI is InChI=1S/C20H28N2O3/c23-20(18-13-17-3-1-2-4-19(17)25-15-18)22-7-5-16(6-8-22)14-21-9-11-24-12-10-21/h1-4,16,18H,5-15H2. The second-order valence-electron chi connectivity index (χ2n) is 7.50. The summed E-state index contributed by atoms with van der Waals surface area (Å²) in [5, 5.41) is 0. The van der Waals surface area contributed by atoms with Gasteiger partial charge in [-0.3, -0.25) is 9.69 Å². The number of para-hydroxylation sites is 1. The zero-order chi connectivity index (χ0) is 17.1. The summed E-state index contributed by atoms with van der Waals surface area (Å²) >= 11 is 0. The molecule has 25 heavy (non-hydrogen) atoms. The first kappa shape index (κ1) is 16.9. The second-order valence-corrected chi connectivity index (χ2v) is 7.50. The normalized spacial score (nSPS) is 25.3. The lowest BCUT2D eigenvalue weighted by molar-refractivity contribution is -0.138. The van der Waals surface area contributed by atoms with Gasteiger partial charge in [0.1, 0.15) is 12.4 Å². The van der Waals surface area contributed by atoms with Crippen molar-refractivity contribution in [2.24, 2.45) is 11.8 Å². The maximum atomic E-state index is 12.9. The molecule has 3 aliphatic rings. The summed E-state index contributed by atoms with van der Waals surface area (Å²) in [6, 6.07) is 8.07. The number of fused-ring (bicyclic) bond motifs is 1. The van der Waals surface area contributed by atoms with Gasteiger partial charge in [-0.25, -0.2) is 0 Å². The van der Waals surface area contributed by atoms with Crippen LogP contribution in [0.15, 0.2) is 24.3 Å². The number of hydrogen-bond acceptors (Lipinski definition) is 4. The Hall–Kier alpha value is -1.59. The van der Waals surface area contributed by atoms with Crippen LogP contribution in [0.2, 0.25) is 0 Å². The molecular weight excluding hydrogens is 316 g/mol. The van der Waals surface area contributed by atoms with Crippen LogP contribution in [0.3, 0.4) is 0 Å². The third-order valence-corrected chi connectivity index (χ3v) is 5.77. The molecule has 0 aromatic heterocycles. The van der Waals surface area contributed by atoms with Crippen LogP contribution in [0.1, 0.15) is 18.4 Å². The van der Waals surface area contributed by atoms with E-state index in [0.717, 1.165) is 76.5 Å². The number of rotatable bonds is 3. The van der Waals surface area contributed by atoms with Gasteiger partial charge in [0.15, 0.2) is 0 Å². The van der Waals surface area contributed by atoms with Crippen LogP contribution < -0.4 is 4.74 Å². The van der Waals surface area contributed by atoms with E-state index in [1.165, 1.54) is 0 Å². The zero-order valence-electron chi connectivity index (χ0n) is 14.9. The highest BCUT2D eigenvalue weighted by molar-refractivity contribution is 5.80. The Morgan fingerprint density at radius 2 is 1.84 bits per heavy atom. The van der Waals surface area contributed by atoms with Gasteiger partial charge in [-0.2, -0.15) is 0 Å². The van der Waals surface area contributed by atoms with Gasteiger partial charge >= 0.3 is 0 Å². The summed E-state index contributed by atoms with van der Waals surface area (Å²) in [5.41, 5.74) is 1.16. The number of nitrogens with zero attached hydrogens (tertiary/aromatic N) is 2. The second kappa shape index (κ2) is 7.75. The van der Waals surface area contributed by atoms with Crippen molar-refractivity contribution in [3.8, 4) is 5.75 Å². The first-order valence-electron chi connectivity index (χ1n) is 9.59. The quantitative estimate of drug-likeness (QED) is 0.839. The Morgan fingerprint density at radius 3 is 2.64 bits per heavy atom. The predicted molar refractivity (Wildman–Crippen MR) is 95.7 cm³/mol. The van der Waals surface area contributed by atoms with Crippen molar-refractivity contribution in [3.63, 3.8) is 0 Å². The minimum atomic E-state index is -0.0225. The van der Waals surface area contributed by atoms with E-state index in [0.29, 0.717) is 12.5 Å². The van der Waals surface area contributed by atoms with Gasteiger partial charge in [0.25, 0.3) is 0 Å². The average molecular weight is 344 g/mol. The Morgan fingerprint density at radius 1 is 1.08 bits per heavy atom. The Bertz CT molecular complexity index is 592.